The molecule has 5 heterocycles. The fraction of sp³-hybridized carbons (Fsp3) is 0.348. The molecule has 2 unspecified atom stereocenters. The number of fused-ring (bicyclic) bond motifs is 2. The Bertz CT molecular complexity index is 1510. The minimum absolute atomic E-state index is 0.0247. The third kappa shape index (κ3) is 4.93. The second-order valence-electron chi connectivity index (χ2n) is 8.64. The molecule has 2 amide bonds. The van der Waals surface area contributed by atoms with Gasteiger partial charge in [0.05, 0.1) is 0 Å². The van der Waals surface area contributed by atoms with Crippen molar-refractivity contribution in [3.05, 3.63) is 47.7 Å². The molecule has 0 bridgehead atoms. The number of carbonyl (C=O) groups excluding carboxylic acids is 2. The highest BCUT2D eigenvalue weighted by Crippen LogP contribution is 2.40. The van der Waals surface area contributed by atoms with Crippen LogP contribution in [-0.4, -0.2) is 77.7 Å². The largest absolute Gasteiger partial charge is 0.477 e. The molecule has 1 fully saturated rings. The van der Waals surface area contributed by atoms with E-state index in [2.05, 4.69) is 19.8 Å². The zero-order valence-electron chi connectivity index (χ0n) is 20.8. The van der Waals surface area contributed by atoms with Gasteiger partial charge in [-0.3, -0.25) is 14.5 Å². The topological polar surface area (TPSA) is 195 Å². The molecule has 2 aliphatic heterocycles. The lowest BCUT2D eigenvalue weighted by molar-refractivity contribution is -0.663. The molecule has 2 aliphatic rings. The highest BCUT2D eigenvalue weighted by Gasteiger charge is 2.55. The summed E-state index contributed by atoms with van der Waals surface area (Å²) in [6, 6.07) is 4.87. The molecule has 0 spiro atoms. The average Bonchev–Trinajstić information content (AvgIpc) is 3.54. The third-order valence-corrected chi connectivity index (χ3v) is 8.12. The van der Waals surface area contributed by atoms with Crippen molar-refractivity contribution in [3.63, 3.8) is 0 Å². The monoisotopic (exact) mass is 572 g/mol. The Labute approximate surface area is 230 Å². The number of aromatic nitrogens is 4. The molecule has 39 heavy (non-hydrogen) atoms. The smallest absolute Gasteiger partial charge is 0.352 e. The summed E-state index contributed by atoms with van der Waals surface area (Å²) in [5.74, 6) is -2.13. The number of hydrogen-bond acceptors (Lipinski definition) is 11. The Kier molecular flexibility index (Phi) is 7.49. The van der Waals surface area contributed by atoms with E-state index in [1.807, 2.05) is 39.7 Å². The Balaban J connectivity index is 1.37. The number of nitrogens with one attached hydrogen (secondary N) is 1. The van der Waals surface area contributed by atoms with Crippen LogP contribution in [0.2, 0.25) is 0 Å². The summed E-state index contributed by atoms with van der Waals surface area (Å²) in [6.07, 6.45) is 3.81. The number of carboxylic acid groups (broad SMARTS) is 1. The second-order valence-corrected chi connectivity index (χ2v) is 10.5. The molecular formula is C23H26N9O5S2+. The zero-order valence-corrected chi connectivity index (χ0v) is 22.4. The van der Waals surface area contributed by atoms with Gasteiger partial charge in [-0.1, -0.05) is 5.16 Å². The molecule has 0 aromatic carbocycles. The van der Waals surface area contributed by atoms with E-state index >= 15 is 0 Å². The summed E-state index contributed by atoms with van der Waals surface area (Å²) in [6.45, 7) is 3.33. The average molecular weight is 573 g/mol. The summed E-state index contributed by atoms with van der Waals surface area (Å²) in [5, 5.41) is 16.1. The number of amides is 2. The van der Waals surface area contributed by atoms with Gasteiger partial charge in [0.15, 0.2) is 17.9 Å². The van der Waals surface area contributed by atoms with Crippen LogP contribution < -0.4 is 21.4 Å². The van der Waals surface area contributed by atoms with Crippen molar-refractivity contribution in [2.24, 2.45) is 10.9 Å². The van der Waals surface area contributed by atoms with Gasteiger partial charge in [0.2, 0.25) is 17.1 Å². The van der Waals surface area contributed by atoms with Crippen LogP contribution in [0.25, 0.3) is 11.0 Å². The maximum Gasteiger partial charge on any atom is 0.352 e. The highest BCUT2D eigenvalue weighted by atomic mass is 32.2. The van der Waals surface area contributed by atoms with Crippen molar-refractivity contribution in [2.45, 2.75) is 31.4 Å². The Hall–Kier alpha value is -4.02. The molecule has 14 nitrogen and oxygen atoms in total. The van der Waals surface area contributed by atoms with E-state index in [0.29, 0.717) is 24.4 Å². The summed E-state index contributed by atoms with van der Waals surface area (Å²) >= 11 is 2.27. The van der Waals surface area contributed by atoms with Gasteiger partial charge in [0, 0.05) is 54.3 Å². The first-order valence-corrected chi connectivity index (χ1v) is 13.8. The van der Waals surface area contributed by atoms with Gasteiger partial charge in [-0.05, 0) is 13.0 Å². The number of nitrogens with zero attached hydrogens (tertiary/aromatic N) is 6. The van der Waals surface area contributed by atoms with E-state index in [4.69, 9.17) is 16.3 Å². The summed E-state index contributed by atoms with van der Waals surface area (Å²) in [5.41, 5.74) is 13.5. The molecule has 3 aromatic rings. The van der Waals surface area contributed by atoms with Crippen LogP contribution in [0.4, 0.5) is 5.13 Å². The van der Waals surface area contributed by atoms with E-state index in [9.17, 15) is 19.5 Å². The maximum absolute atomic E-state index is 13.2. The zero-order chi connectivity index (χ0) is 27.7. The number of nitrogen functional groups attached to an aromatic ring is 1. The Morgan fingerprint density at radius 3 is 2.90 bits per heavy atom. The lowest BCUT2D eigenvalue weighted by Crippen LogP contribution is -2.71. The number of β-lactam (4-membered cyclic amide) rings is 1. The number of anilines is 1. The van der Waals surface area contributed by atoms with Crippen molar-refractivity contribution in [2.75, 3.05) is 24.6 Å². The predicted octanol–water partition coefficient (Wildman–Crippen LogP) is -0.499. The number of carbonyl (C=O) groups is 3. The number of aliphatic carboxylic acids is 1. The number of hydrogen-bond donors (Lipinski definition) is 4. The minimum atomic E-state index is -1.21. The molecule has 2 atom stereocenters. The number of pyridine rings is 1. The molecule has 0 aliphatic carbocycles. The van der Waals surface area contributed by atoms with Crippen molar-refractivity contribution in [1.29, 1.82) is 0 Å². The molecular weight excluding hydrogens is 546 g/mol. The number of oxime groups is 1. The van der Waals surface area contributed by atoms with Gasteiger partial charge >= 0.3 is 5.97 Å². The fourth-order valence-electron chi connectivity index (χ4n) is 4.55. The summed E-state index contributed by atoms with van der Waals surface area (Å²) in [4.78, 5) is 48.8. The van der Waals surface area contributed by atoms with Gasteiger partial charge in [-0.2, -0.15) is 13.9 Å². The fourth-order valence-corrected chi connectivity index (χ4v) is 6.32. The van der Waals surface area contributed by atoms with Crippen LogP contribution in [0, 0.1) is 0 Å². The maximum atomic E-state index is 13.2. The van der Waals surface area contributed by atoms with Crippen LogP contribution in [0.15, 0.2) is 47.0 Å². The summed E-state index contributed by atoms with van der Waals surface area (Å²) < 4.78 is 7.99. The molecule has 204 valence electrons. The van der Waals surface area contributed by atoms with Crippen LogP contribution in [0.3, 0.4) is 0 Å². The molecule has 1 saturated heterocycles. The number of carboxylic acids is 1. The highest BCUT2D eigenvalue weighted by molar-refractivity contribution is 8.00. The third-order valence-electron chi connectivity index (χ3n) is 6.23. The molecule has 5 rings (SSSR count). The van der Waals surface area contributed by atoms with Gasteiger partial charge in [-0.15, -0.1) is 11.8 Å². The second kappa shape index (κ2) is 11.0. The first-order valence-electron chi connectivity index (χ1n) is 12.0. The van der Waals surface area contributed by atoms with Crippen LogP contribution in [-0.2, 0) is 32.3 Å². The first kappa shape index (κ1) is 26.6. The molecule has 6 N–H and O–H groups in total. The van der Waals surface area contributed by atoms with Gasteiger partial charge in [0.25, 0.3) is 11.8 Å². The van der Waals surface area contributed by atoms with Crippen LogP contribution in [0.5, 0.6) is 0 Å². The van der Waals surface area contributed by atoms with E-state index in [0.717, 1.165) is 22.6 Å². The number of rotatable bonds is 10. The molecule has 0 saturated carbocycles. The molecule has 16 heteroatoms. The van der Waals surface area contributed by atoms with Crippen molar-refractivity contribution >= 4 is 63.0 Å². The van der Waals surface area contributed by atoms with Crippen molar-refractivity contribution in [3.8, 4) is 0 Å². The van der Waals surface area contributed by atoms with Gasteiger partial charge in [0.1, 0.15) is 29.2 Å². The lowest BCUT2D eigenvalue weighted by atomic mass is 10.0. The lowest BCUT2D eigenvalue weighted by Gasteiger charge is -2.49. The SMILES string of the molecule is CCO/N=C(\C(=O)NC1C(=O)N2C(C(=O)O)=C(C[n+]3cccc4c3ccn4CCN)CSC12)c1nsc(N)n1. The Morgan fingerprint density at radius 1 is 1.38 bits per heavy atom. The normalized spacial score (nSPS) is 19.2. The minimum Gasteiger partial charge on any atom is -0.477 e. The predicted molar refractivity (Wildman–Crippen MR) is 143 cm³/mol. The quantitative estimate of drug-likeness (QED) is 0.106. The van der Waals surface area contributed by atoms with E-state index in [1.165, 1.54) is 16.7 Å². The molecule has 0 radical (unpaired) electrons. The number of thioether (sulfide) groups is 1. The van der Waals surface area contributed by atoms with E-state index < -0.39 is 29.2 Å². The van der Waals surface area contributed by atoms with Gasteiger partial charge in [-0.25, -0.2) is 4.79 Å². The van der Waals surface area contributed by atoms with Crippen LogP contribution >= 0.6 is 23.3 Å². The van der Waals surface area contributed by atoms with Crippen molar-refractivity contribution in [1.82, 2.24) is 24.1 Å². The Morgan fingerprint density at radius 2 is 2.21 bits per heavy atom. The standard InChI is InChI=1S/C23H25N9O5S2/c1-2-37-28-15(18-27-23(25)39-29-18)19(33)26-16-20(34)32-17(22(35)36)12(11-38-21(16)32)10-31-7-3-4-13-14(31)5-8-30(13)9-6-24/h3-5,7-8,16,21H,2,6,9-11,24H2,1H3,(H3-,25,26,27,29,33,35,36)/p+1/b28-15-. The molecule has 3 aromatic heterocycles. The van der Waals surface area contributed by atoms with E-state index in [-0.39, 0.29) is 35.5 Å². The first-order chi connectivity index (χ1) is 18.8. The van der Waals surface area contributed by atoms with Crippen LogP contribution in [0.1, 0.15) is 12.7 Å². The van der Waals surface area contributed by atoms with Crippen molar-refractivity contribution < 1.29 is 28.9 Å². The number of nitrogens with two attached hydrogens (primary N) is 2. The van der Waals surface area contributed by atoms with E-state index in [1.54, 1.807) is 6.92 Å². The summed E-state index contributed by atoms with van der Waals surface area (Å²) in [7, 11) is 0. The van der Waals surface area contributed by atoms with Gasteiger partial charge < -0.3 is 31.3 Å².